The lowest BCUT2D eigenvalue weighted by Crippen LogP contribution is -2.38. The molecule has 1 fully saturated rings. The van der Waals surface area contributed by atoms with Crippen LogP contribution in [0.2, 0.25) is 0 Å². The Morgan fingerprint density at radius 1 is 1.43 bits per heavy atom. The van der Waals surface area contributed by atoms with Crippen LogP contribution in [0.4, 0.5) is 0 Å². The van der Waals surface area contributed by atoms with E-state index in [1.807, 2.05) is 19.1 Å². The van der Waals surface area contributed by atoms with Gasteiger partial charge in [0.05, 0.1) is 18.8 Å². The van der Waals surface area contributed by atoms with Gasteiger partial charge in [-0.1, -0.05) is 12.5 Å². The van der Waals surface area contributed by atoms with Crippen molar-refractivity contribution in [2.45, 2.75) is 13.0 Å². The van der Waals surface area contributed by atoms with Gasteiger partial charge < -0.3 is 20.5 Å². The molecule has 3 rings (SSSR count). The summed E-state index contributed by atoms with van der Waals surface area (Å²) in [5, 5.41) is 2.65. The molecule has 0 bridgehead atoms. The van der Waals surface area contributed by atoms with Crippen LogP contribution >= 0.6 is 0 Å². The van der Waals surface area contributed by atoms with E-state index < -0.39 is 0 Å². The van der Waals surface area contributed by atoms with Crippen LogP contribution in [0.1, 0.15) is 27.0 Å². The maximum absolute atomic E-state index is 12.4. The highest BCUT2D eigenvalue weighted by Gasteiger charge is 2.20. The highest BCUT2D eigenvalue weighted by Crippen LogP contribution is 2.24. The van der Waals surface area contributed by atoms with Crippen molar-refractivity contribution < 1.29 is 14.3 Å². The second-order valence-electron chi connectivity index (χ2n) is 6.61. The van der Waals surface area contributed by atoms with Gasteiger partial charge in [-0.25, -0.2) is 4.99 Å². The van der Waals surface area contributed by atoms with Gasteiger partial charge in [-0.2, -0.15) is 0 Å². The van der Waals surface area contributed by atoms with Gasteiger partial charge in [-0.3, -0.25) is 9.78 Å². The molecule has 1 aromatic carbocycles. The van der Waals surface area contributed by atoms with Gasteiger partial charge in [-0.05, 0) is 42.3 Å². The molecule has 1 saturated heterocycles. The minimum atomic E-state index is -0.359. The lowest BCUT2D eigenvalue weighted by Gasteiger charge is -2.27. The lowest BCUT2D eigenvalue weighted by atomic mass is 10.0. The number of rotatable bonds is 7. The first-order valence-electron chi connectivity index (χ1n) is 9.24. The Morgan fingerprint density at radius 2 is 2.23 bits per heavy atom. The minimum Gasteiger partial charge on any atom is -0.486 e. The first-order chi connectivity index (χ1) is 14.5. The second kappa shape index (κ2) is 9.54. The summed E-state index contributed by atoms with van der Waals surface area (Å²) in [4.78, 5) is 20.6. The molecule has 1 amide bonds. The van der Waals surface area contributed by atoms with Crippen LogP contribution in [0.15, 0.2) is 60.3 Å². The number of amides is 1. The number of hydrogen-bond acceptors (Lipinski definition) is 6. The number of benzene rings is 1. The van der Waals surface area contributed by atoms with Gasteiger partial charge in [0.25, 0.3) is 5.91 Å². The molecule has 0 unspecified atom stereocenters. The van der Waals surface area contributed by atoms with E-state index in [0.29, 0.717) is 41.2 Å². The Hall–Kier alpha value is -3.89. The monoisotopic (exact) mass is 402 g/mol. The predicted octanol–water partition coefficient (Wildman–Crippen LogP) is 2.42. The Kier molecular flexibility index (Phi) is 6.63. The van der Waals surface area contributed by atoms with Gasteiger partial charge in [0.2, 0.25) is 0 Å². The zero-order chi connectivity index (χ0) is 21.5. The second-order valence-corrected chi connectivity index (χ2v) is 6.61. The van der Waals surface area contributed by atoms with Gasteiger partial charge in [-0.15, -0.1) is 6.42 Å². The van der Waals surface area contributed by atoms with E-state index in [4.69, 9.17) is 21.6 Å². The molecule has 30 heavy (non-hydrogen) atoms. The fourth-order valence-corrected chi connectivity index (χ4v) is 2.68. The third-order valence-corrected chi connectivity index (χ3v) is 4.45. The molecule has 1 aliphatic rings. The third kappa shape index (κ3) is 4.93. The number of aromatic nitrogens is 1. The van der Waals surface area contributed by atoms with E-state index in [-0.39, 0.29) is 17.8 Å². The SMILES string of the molecule is C#Cc1ccc(OC2COC2)cc1C(=C)C=N/C(=C\N)NC(=O)c1cnccc1C. The molecule has 0 spiro atoms. The normalized spacial score (nSPS) is 14.1. The first-order valence-corrected chi connectivity index (χ1v) is 9.24. The molecule has 0 radical (unpaired) electrons. The molecule has 7 nitrogen and oxygen atoms in total. The predicted molar refractivity (Wildman–Crippen MR) is 116 cm³/mol. The summed E-state index contributed by atoms with van der Waals surface area (Å²) in [7, 11) is 0. The van der Waals surface area contributed by atoms with Crippen molar-refractivity contribution in [3.05, 3.63) is 77.5 Å². The molecule has 1 aliphatic heterocycles. The minimum absolute atomic E-state index is 0.0365. The van der Waals surface area contributed by atoms with Crippen LogP contribution < -0.4 is 15.8 Å². The summed E-state index contributed by atoms with van der Waals surface area (Å²) in [5.41, 5.74) is 8.74. The highest BCUT2D eigenvalue weighted by atomic mass is 16.6. The molecular formula is C23H22N4O3. The summed E-state index contributed by atoms with van der Waals surface area (Å²) in [6.45, 7) is 6.98. The number of hydrogen-bond donors (Lipinski definition) is 2. The number of terminal acetylenes is 1. The third-order valence-electron chi connectivity index (χ3n) is 4.45. The van der Waals surface area contributed by atoms with Crippen LogP contribution in [0.5, 0.6) is 5.75 Å². The molecule has 2 aromatic rings. The zero-order valence-corrected chi connectivity index (χ0v) is 16.6. The van der Waals surface area contributed by atoms with E-state index in [1.165, 1.54) is 18.6 Å². The summed E-state index contributed by atoms with van der Waals surface area (Å²) in [6.07, 6.45) is 11.4. The van der Waals surface area contributed by atoms with E-state index in [1.54, 1.807) is 18.3 Å². The fraction of sp³-hybridized carbons (Fsp3) is 0.174. The number of nitrogens with two attached hydrogens (primary N) is 1. The van der Waals surface area contributed by atoms with E-state index >= 15 is 0 Å². The average Bonchev–Trinajstić information content (AvgIpc) is 2.73. The number of allylic oxidation sites excluding steroid dienone is 1. The number of aliphatic imine (C=N–C) groups is 1. The summed E-state index contributed by atoms with van der Waals surface area (Å²) >= 11 is 0. The molecule has 0 atom stereocenters. The van der Waals surface area contributed by atoms with Gasteiger partial charge >= 0.3 is 0 Å². The first kappa shape index (κ1) is 20.8. The van der Waals surface area contributed by atoms with E-state index in [9.17, 15) is 4.79 Å². The number of nitrogens with one attached hydrogen (secondary N) is 1. The topological polar surface area (TPSA) is 98.8 Å². The van der Waals surface area contributed by atoms with Crippen molar-refractivity contribution in [1.29, 1.82) is 0 Å². The number of carbonyl (C=O) groups is 1. The van der Waals surface area contributed by atoms with Crippen molar-refractivity contribution in [3.63, 3.8) is 0 Å². The van der Waals surface area contributed by atoms with Crippen LogP contribution in [0, 0.1) is 19.3 Å². The van der Waals surface area contributed by atoms with Gasteiger partial charge in [0.1, 0.15) is 17.7 Å². The molecule has 2 heterocycles. The van der Waals surface area contributed by atoms with Crippen LogP contribution in [0.25, 0.3) is 5.57 Å². The summed E-state index contributed by atoms with van der Waals surface area (Å²) in [6, 6.07) is 7.15. The summed E-state index contributed by atoms with van der Waals surface area (Å²) in [5.74, 6) is 3.11. The number of ether oxygens (including phenoxy) is 2. The maximum Gasteiger partial charge on any atom is 0.258 e. The maximum atomic E-state index is 12.4. The fourth-order valence-electron chi connectivity index (χ4n) is 2.68. The van der Waals surface area contributed by atoms with E-state index in [0.717, 1.165) is 5.56 Å². The van der Waals surface area contributed by atoms with Crippen molar-refractivity contribution in [3.8, 4) is 18.1 Å². The van der Waals surface area contributed by atoms with Crippen molar-refractivity contribution in [2.24, 2.45) is 10.7 Å². The zero-order valence-electron chi connectivity index (χ0n) is 16.6. The number of carbonyl (C=O) groups excluding carboxylic acids is 1. The lowest BCUT2D eigenvalue weighted by molar-refractivity contribution is -0.0796. The number of nitrogens with zero attached hydrogens (tertiary/aromatic N) is 2. The van der Waals surface area contributed by atoms with Crippen LogP contribution in [-0.2, 0) is 4.74 Å². The standard InChI is InChI=1S/C23H22N4O3/c1-4-17-5-6-18(30-19-13-29-14-19)9-20(17)16(3)11-26-22(10-24)27-23(28)21-12-25-8-7-15(21)2/h1,5-12,19H,3,13-14,24H2,2H3,(H,27,28)/b22-10+,26-11?. The van der Waals surface area contributed by atoms with Crippen LogP contribution in [-0.4, -0.2) is 36.4 Å². The van der Waals surface area contributed by atoms with E-state index in [2.05, 4.69) is 27.8 Å². The van der Waals surface area contributed by atoms with Crippen molar-refractivity contribution in [2.75, 3.05) is 13.2 Å². The Balaban J connectivity index is 1.73. The molecule has 1 aromatic heterocycles. The Morgan fingerprint density at radius 3 is 2.87 bits per heavy atom. The largest absolute Gasteiger partial charge is 0.486 e. The molecule has 0 aliphatic carbocycles. The van der Waals surface area contributed by atoms with Gasteiger partial charge in [0, 0.05) is 35.9 Å². The molecule has 3 N–H and O–H groups in total. The van der Waals surface area contributed by atoms with Crippen molar-refractivity contribution >= 4 is 17.7 Å². The smallest absolute Gasteiger partial charge is 0.258 e. The van der Waals surface area contributed by atoms with Gasteiger partial charge in [0.15, 0.2) is 0 Å². The highest BCUT2D eigenvalue weighted by molar-refractivity contribution is 6.10. The molecular weight excluding hydrogens is 380 g/mol. The molecule has 152 valence electrons. The number of aryl methyl sites for hydroxylation is 1. The summed E-state index contributed by atoms with van der Waals surface area (Å²) < 4.78 is 11.0. The molecule has 0 saturated carbocycles. The molecule has 7 heteroatoms. The Bertz CT molecular complexity index is 1060. The number of pyridine rings is 1. The van der Waals surface area contributed by atoms with Crippen molar-refractivity contribution in [1.82, 2.24) is 10.3 Å². The average molecular weight is 402 g/mol. The van der Waals surface area contributed by atoms with Crippen LogP contribution in [0.3, 0.4) is 0 Å². The Labute approximate surface area is 175 Å². The quantitative estimate of drug-likeness (QED) is 0.547.